The monoisotopic (exact) mass is 377 g/mol. The van der Waals surface area contributed by atoms with Gasteiger partial charge >= 0.3 is 0 Å². The van der Waals surface area contributed by atoms with E-state index in [-0.39, 0.29) is 16.8 Å². The van der Waals surface area contributed by atoms with Crippen LogP contribution in [0.3, 0.4) is 0 Å². The van der Waals surface area contributed by atoms with Crippen LogP contribution in [0.5, 0.6) is 0 Å². The van der Waals surface area contributed by atoms with Crippen LogP contribution >= 0.6 is 38.9 Å². The predicted octanol–water partition coefficient (Wildman–Crippen LogP) is 5.93. The van der Waals surface area contributed by atoms with Gasteiger partial charge < -0.3 is 5.32 Å². The van der Waals surface area contributed by atoms with Gasteiger partial charge in [-0.3, -0.25) is 0 Å². The molecular weight excluding hydrogens is 368 g/mol. The van der Waals surface area contributed by atoms with Crippen LogP contribution in [0, 0.1) is 11.6 Å². The predicted molar refractivity (Wildman–Crippen MR) is 82.7 cm³/mol. The zero-order valence-corrected chi connectivity index (χ0v) is 13.5. The average Bonchev–Trinajstić information content (AvgIpc) is 2.74. The molecule has 0 spiro atoms. The van der Waals surface area contributed by atoms with Gasteiger partial charge in [0.1, 0.15) is 5.82 Å². The molecule has 1 atom stereocenters. The van der Waals surface area contributed by atoms with E-state index in [1.807, 2.05) is 0 Å². The highest BCUT2D eigenvalue weighted by Crippen LogP contribution is 2.40. The normalized spacial score (nSPS) is 17.9. The van der Waals surface area contributed by atoms with Crippen molar-refractivity contribution in [3.05, 3.63) is 49.1 Å². The second-order valence-corrected chi connectivity index (χ2v) is 7.69. The molecule has 0 saturated carbocycles. The van der Waals surface area contributed by atoms with E-state index in [9.17, 15) is 8.78 Å². The van der Waals surface area contributed by atoms with Crippen LogP contribution in [0.4, 0.5) is 14.5 Å². The van der Waals surface area contributed by atoms with Crippen LogP contribution in [-0.4, -0.2) is 0 Å². The topological polar surface area (TPSA) is 12.0 Å². The van der Waals surface area contributed by atoms with E-state index in [0.29, 0.717) is 0 Å². The van der Waals surface area contributed by atoms with Crippen molar-refractivity contribution in [1.29, 1.82) is 0 Å². The zero-order valence-electron chi connectivity index (χ0n) is 10.4. The van der Waals surface area contributed by atoms with Crippen molar-refractivity contribution in [3.8, 4) is 0 Å². The van der Waals surface area contributed by atoms with Gasteiger partial charge in [-0.05, 0) is 52.9 Å². The Kier molecular flexibility index (Phi) is 4.02. The first-order valence-corrected chi connectivity index (χ1v) is 8.22. The first-order valence-electron chi connectivity index (χ1n) is 6.24. The van der Waals surface area contributed by atoms with E-state index < -0.39 is 11.6 Å². The molecular formula is C14H11BrClF2NS. The maximum absolute atomic E-state index is 13.9. The molecule has 1 unspecified atom stereocenters. The van der Waals surface area contributed by atoms with Crippen molar-refractivity contribution in [1.82, 2.24) is 0 Å². The minimum absolute atomic E-state index is 0.0127. The SMILES string of the molecule is Fc1cc(F)c(NC2CCCc3sc(Br)cc32)c(Cl)c1. The highest BCUT2D eigenvalue weighted by Gasteiger charge is 2.24. The number of halogens is 4. The fourth-order valence-electron chi connectivity index (χ4n) is 2.53. The number of fused-ring (bicyclic) bond motifs is 1. The van der Waals surface area contributed by atoms with Gasteiger partial charge in [0.2, 0.25) is 0 Å². The molecule has 1 aliphatic rings. The van der Waals surface area contributed by atoms with Crippen molar-refractivity contribution in [2.45, 2.75) is 25.3 Å². The molecule has 1 aromatic carbocycles. The van der Waals surface area contributed by atoms with Gasteiger partial charge in [-0.15, -0.1) is 11.3 Å². The van der Waals surface area contributed by atoms with Crippen LogP contribution in [-0.2, 0) is 6.42 Å². The summed E-state index contributed by atoms with van der Waals surface area (Å²) in [5, 5.41) is 3.20. The number of hydrogen-bond donors (Lipinski definition) is 1. The summed E-state index contributed by atoms with van der Waals surface area (Å²) in [5.41, 5.74) is 1.35. The van der Waals surface area contributed by atoms with Crippen molar-refractivity contribution >= 4 is 44.6 Å². The number of rotatable bonds is 2. The second-order valence-electron chi connectivity index (χ2n) is 4.76. The summed E-state index contributed by atoms with van der Waals surface area (Å²) in [6.45, 7) is 0. The molecule has 1 aromatic heterocycles. The Labute approximate surface area is 133 Å². The molecule has 6 heteroatoms. The Bertz CT molecular complexity index is 636. The number of aryl methyl sites for hydroxylation is 1. The van der Waals surface area contributed by atoms with Crippen molar-refractivity contribution in [2.75, 3.05) is 5.32 Å². The van der Waals surface area contributed by atoms with Crippen LogP contribution in [0.25, 0.3) is 0 Å². The third-order valence-electron chi connectivity index (χ3n) is 3.41. The van der Waals surface area contributed by atoms with Crippen LogP contribution in [0.15, 0.2) is 22.0 Å². The van der Waals surface area contributed by atoms with Gasteiger partial charge in [-0.1, -0.05) is 11.6 Å². The molecule has 0 aliphatic heterocycles. The largest absolute Gasteiger partial charge is 0.375 e. The highest BCUT2D eigenvalue weighted by atomic mass is 79.9. The van der Waals surface area contributed by atoms with Gasteiger partial charge in [0.15, 0.2) is 5.82 Å². The molecule has 3 rings (SSSR count). The molecule has 1 N–H and O–H groups in total. The zero-order chi connectivity index (χ0) is 14.3. The van der Waals surface area contributed by atoms with E-state index in [0.717, 1.165) is 35.2 Å². The Hall–Kier alpha value is -0.650. The van der Waals surface area contributed by atoms with Gasteiger partial charge in [0, 0.05) is 10.9 Å². The second kappa shape index (κ2) is 5.62. The number of thiophene rings is 1. The molecule has 2 aromatic rings. The summed E-state index contributed by atoms with van der Waals surface area (Å²) >= 11 is 11.1. The van der Waals surface area contributed by atoms with Crippen LogP contribution in [0.2, 0.25) is 5.02 Å². The van der Waals surface area contributed by atoms with Gasteiger partial charge in [-0.25, -0.2) is 8.78 Å². The number of hydrogen-bond acceptors (Lipinski definition) is 2. The minimum atomic E-state index is -0.666. The third kappa shape index (κ3) is 2.71. The lowest BCUT2D eigenvalue weighted by atomic mass is 9.94. The molecule has 0 radical (unpaired) electrons. The molecule has 0 bridgehead atoms. The lowest BCUT2D eigenvalue weighted by molar-refractivity contribution is 0.573. The summed E-state index contributed by atoms with van der Waals surface area (Å²) < 4.78 is 28.0. The smallest absolute Gasteiger partial charge is 0.150 e. The highest BCUT2D eigenvalue weighted by molar-refractivity contribution is 9.11. The molecule has 1 heterocycles. The van der Waals surface area contributed by atoms with E-state index in [1.54, 1.807) is 11.3 Å². The molecule has 0 fully saturated rings. The number of anilines is 1. The van der Waals surface area contributed by atoms with Crippen LogP contribution < -0.4 is 5.32 Å². The summed E-state index contributed by atoms with van der Waals surface area (Å²) in [4.78, 5) is 1.30. The average molecular weight is 379 g/mol. The lowest BCUT2D eigenvalue weighted by Gasteiger charge is -2.25. The quantitative estimate of drug-likeness (QED) is 0.683. The third-order valence-corrected chi connectivity index (χ3v) is 5.42. The van der Waals surface area contributed by atoms with Gasteiger partial charge in [-0.2, -0.15) is 0 Å². The van der Waals surface area contributed by atoms with E-state index in [2.05, 4.69) is 27.3 Å². The Morgan fingerprint density at radius 1 is 1.30 bits per heavy atom. The van der Waals surface area contributed by atoms with E-state index in [4.69, 9.17) is 11.6 Å². The first-order chi connectivity index (χ1) is 9.54. The summed E-state index contributed by atoms with van der Waals surface area (Å²) in [6.07, 6.45) is 2.99. The number of benzene rings is 1. The van der Waals surface area contributed by atoms with E-state index in [1.165, 1.54) is 10.4 Å². The Morgan fingerprint density at radius 3 is 2.85 bits per heavy atom. The maximum Gasteiger partial charge on any atom is 0.150 e. The first kappa shape index (κ1) is 14.3. The van der Waals surface area contributed by atoms with Crippen LogP contribution in [0.1, 0.15) is 29.3 Å². The summed E-state index contributed by atoms with van der Waals surface area (Å²) in [7, 11) is 0. The Balaban J connectivity index is 1.93. The number of nitrogens with one attached hydrogen (secondary N) is 1. The Morgan fingerprint density at radius 2 is 2.10 bits per heavy atom. The molecule has 1 nitrogen and oxygen atoms in total. The molecule has 1 aliphatic carbocycles. The van der Waals surface area contributed by atoms with Crippen molar-refractivity contribution in [2.24, 2.45) is 0 Å². The fourth-order valence-corrected chi connectivity index (χ4v) is 4.59. The molecule has 20 heavy (non-hydrogen) atoms. The molecule has 0 amide bonds. The molecule has 106 valence electrons. The fraction of sp³-hybridized carbons (Fsp3) is 0.286. The van der Waals surface area contributed by atoms with Crippen molar-refractivity contribution in [3.63, 3.8) is 0 Å². The molecule has 0 saturated heterocycles. The summed E-state index contributed by atoms with van der Waals surface area (Å²) in [5.74, 6) is -1.32. The maximum atomic E-state index is 13.9. The standard InChI is InChI=1S/C14H11BrClF2NS/c15-13-6-8-11(2-1-3-12(8)20-13)19-14-9(16)4-7(17)5-10(14)18/h4-6,11,19H,1-3H2. The van der Waals surface area contributed by atoms with E-state index >= 15 is 0 Å². The summed E-state index contributed by atoms with van der Waals surface area (Å²) in [6, 6.07) is 4.05. The van der Waals surface area contributed by atoms with Gasteiger partial charge in [0.05, 0.1) is 20.5 Å². The van der Waals surface area contributed by atoms with Crippen molar-refractivity contribution < 1.29 is 8.78 Å². The van der Waals surface area contributed by atoms with Gasteiger partial charge in [0.25, 0.3) is 0 Å². The minimum Gasteiger partial charge on any atom is -0.375 e. The lowest BCUT2D eigenvalue weighted by Crippen LogP contribution is -2.16.